The van der Waals surface area contributed by atoms with Crippen molar-refractivity contribution in [3.8, 4) is 0 Å². The largest absolute Gasteiger partial charge is 0.480 e. The highest BCUT2D eigenvalue weighted by atomic mass is 16.5. The van der Waals surface area contributed by atoms with Gasteiger partial charge in [0.15, 0.2) is 0 Å². The minimum atomic E-state index is -1.24. The monoisotopic (exact) mass is 529 g/mol. The molecule has 0 unspecified atom stereocenters. The van der Waals surface area contributed by atoms with Gasteiger partial charge in [-0.25, -0.2) is 14.4 Å². The van der Waals surface area contributed by atoms with E-state index in [1.807, 2.05) is 41.3 Å². The van der Waals surface area contributed by atoms with Crippen molar-refractivity contribution in [2.24, 2.45) is 0 Å². The number of aliphatic carboxylic acids is 1. The Hall–Kier alpha value is -4.06. The molecular weight excluding hydrogens is 494 g/mol. The van der Waals surface area contributed by atoms with E-state index in [0.717, 1.165) is 11.4 Å². The second-order valence-electron chi connectivity index (χ2n) is 8.30. The van der Waals surface area contributed by atoms with Crippen LogP contribution in [0, 0.1) is 0 Å². The average molecular weight is 530 g/mol. The molecule has 0 spiro atoms. The molecule has 206 valence electrons. The molecule has 2 heterocycles. The van der Waals surface area contributed by atoms with E-state index in [2.05, 4.69) is 20.6 Å². The first-order chi connectivity index (χ1) is 18.3. The molecule has 2 aromatic rings. The van der Waals surface area contributed by atoms with Crippen molar-refractivity contribution in [2.45, 2.75) is 58.3 Å². The number of ether oxygens (including phenoxy) is 2. The Morgan fingerprint density at radius 1 is 0.868 bits per heavy atom. The number of hydrogen-bond donors (Lipinski definition) is 3. The Labute approximate surface area is 221 Å². The summed E-state index contributed by atoms with van der Waals surface area (Å²) in [5.74, 6) is -2.47. The second-order valence-corrected chi connectivity index (χ2v) is 8.30. The highest BCUT2D eigenvalue weighted by Crippen LogP contribution is 2.09. The summed E-state index contributed by atoms with van der Waals surface area (Å²) in [7, 11) is 0. The van der Waals surface area contributed by atoms with Crippen LogP contribution in [-0.4, -0.2) is 75.8 Å². The molecule has 0 radical (unpaired) electrons. The molecule has 3 N–H and O–H groups in total. The van der Waals surface area contributed by atoms with Crippen LogP contribution < -0.4 is 10.6 Å². The van der Waals surface area contributed by atoms with Gasteiger partial charge in [-0.1, -0.05) is 12.1 Å². The van der Waals surface area contributed by atoms with Crippen molar-refractivity contribution in [1.82, 2.24) is 25.5 Å². The minimum Gasteiger partial charge on any atom is -0.480 e. The Morgan fingerprint density at radius 3 is 1.95 bits per heavy atom. The Balaban J connectivity index is 2.02. The zero-order chi connectivity index (χ0) is 27.8. The number of rotatable bonds is 16. The van der Waals surface area contributed by atoms with Gasteiger partial charge < -0.3 is 25.2 Å². The van der Waals surface area contributed by atoms with Gasteiger partial charge in [-0.15, -0.1) is 0 Å². The number of urea groups is 1. The van der Waals surface area contributed by atoms with Gasteiger partial charge in [-0.3, -0.25) is 19.7 Å². The topological polar surface area (TPSA) is 160 Å². The lowest BCUT2D eigenvalue weighted by molar-refractivity contribution is -0.146. The summed E-state index contributed by atoms with van der Waals surface area (Å²) >= 11 is 0. The lowest BCUT2D eigenvalue weighted by atomic mass is 10.1. The Morgan fingerprint density at radius 2 is 1.45 bits per heavy atom. The molecule has 0 aliphatic heterocycles. The zero-order valence-corrected chi connectivity index (χ0v) is 21.7. The summed E-state index contributed by atoms with van der Waals surface area (Å²) in [6.07, 6.45) is 3.28. The summed E-state index contributed by atoms with van der Waals surface area (Å²) in [4.78, 5) is 59.2. The van der Waals surface area contributed by atoms with Gasteiger partial charge >= 0.3 is 23.9 Å². The van der Waals surface area contributed by atoms with Gasteiger partial charge in [0, 0.05) is 38.4 Å². The standard InChI is InChI=1S/C26H35N5O7/c1-3-37-23(32)12-11-22(25(35)38-4-2)30-26(36)29-21(24(33)34)13-16-31(17-19-9-5-7-14-27-19)18-20-10-6-8-15-28-20/h5-10,14-15,21-22H,3-4,11-13,16-18H2,1-2H3,(H,33,34)(H2,29,30,36)/t21-,22-/m0/s1. The first kappa shape index (κ1) is 30.2. The maximum absolute atomic E-state index is 12.6. The summed E-state index contributed by atoms with van der Waals surface area (Å²) < 4.78 is 9.84. The van der Waals surface area contributed by atoms with E-state index in [-0.39, 0.29) is 32.5 Å². The molecule has 0 aromatic carbocycles. The molecule has 0 aliphatic carbocycles. The highest BCUT2D eigenvalue weighted by Gasteiger charge is 2.27. The van der Waals surface area contributed by atoms with Gasteiger partial charge in [0.05, 0.1) is 24.6 Å². The van der Waals surface area contributed by atoms with Crippen LogP contribution in [0.15, 0.2) is 48.8 Å². The second kappa shape index (κ2) is 16.6. The van der Waals surface area contributed by atoms with Gasteiger partial charge in [-0.2, -0.15) is 0 Å². The molecule has 2 amide bonds. The van der Waals surface area contributed by atoms with E-state index >= 15 is 0 Å². The summed E-state index contributed by atoms with van der Waals surface area (Å²) in [5, 5.41) is 14.6. The highest BCUT2D eigenvalue weighted by molar-refractivity contribution is 5.87. The van der Waals surface area contributed by atoms with Crippen LogP contribution in [0.4, 0.5) is 4.79 Å². The van der Waals surface area contributed by atoms with Gasteiger partial charge in [-0.05, 0) is 51.0 Å². The number of aromatic nitrogens is 2. The number of nitrogens with one attached hydrogen (secondary N) is 2. The van der Waals surface area contributed by atoms with E-state index in [4.69, 9.17) is 9.47 Å². The lowest BCUT2D eigenvalue weighted by Crippen LogP contribution is -2.52. The molecular formula is C26H35N5O7. The van der Waals surface area contributed by atoms with Crippen molar-refractivity contribution in [1.29, 1.82) is 0 Å². The van der Waals surface area contributed by atoms with E-state index in [9.17, 15) is 24.3 Å². The van der Waals surface area contributed by atoms with Crippen molar-refractivity contribution >= 4 is 23.9 Å². The fraction of sp³-hybridized carbons (Fsp3) is 0.462. The molecule has 12 heteroatoms. The van der Waals surface area contributed by atoms with Gasteiger partial charge in [0.25, 0.3) is 0 Å². The molecule has 0 fully saturated rings. The number of amides is 2. The quantitative estimate of drug-likeness (QED) is 0.274. The molecule has 2 rings (SSSR count). The van der Waals surface area contributed by atoms with Crippen LogP contribution in [-0.2, 0) is 36.9 Å². The maximum atomic E-state index is 12.6. The lowest BCUT2D eigenvalue weighted by Gasteiger charge is -2.24. The fourth-order valence-corrected chi connectivity index (χ4v) is 3.57. The molecule has 0 bridgehead atoms. The zero-order valence-electron chi connectivity index (χ0n) is 21.7. The van der Waals surface area contributed by atoms with E-state index in [1.165, 1.54) is 0 Å². The molecule has 12 nitrogen and oxygen atoms in total. The minimum absolute atomic E-state index is 0.0508. The Kier molecular flexibility index (Phi) is 13.2. The molecule has 2 atom stereocenters. The molecule has 0 aliphatic rings. The predicted molar refractivity (Wildman–Crippen MR) is 137 cm³/mol. The third-order valence-corrected chi connectivity index (χ3v) is 5.38. The first-order valence-corrected chi connectivity index (χ1v) is 12.5. The number of hydrogen-bond acceptors (Lipinski definition) is 9. The molecule has 0 saturated heterocycles. The van der Waals surface area contributed by atoms with Crippen LogP contribution in [0.1, 0.15) is 44.5 Å². The summed E-state index contributed by atoms with van der Waals surface area (Å²) in [5.41, 5.74) is 1.61. The smallest absolute Gasteiger partial charge is 0.328 e. The first-order valence-electron chi connectivity index (χ1n) is 12.5. The third kappa shape index (κ3) is 11.3. The van der Waals surface area contributed by atoms with E-state index < -0.39 is 36.0 Å². The number of pyridine rings is 2. The predicted octanol–water partition coefficient (Wildman–Crippen LogP) is 1.90. The van der Waals surface area contributed by atoms with E-state index in [1.54, 1.807) is 26.2 Å². The number of carbonyl (C=O) groups is 4. The Bertz CT molecular complexity index is 982. The van der Waals surface area contributed by atoms with Crippen molar-refractivity contribution in [3.63, 3.8) is 0 Å². The van der Waals surface area contributed by atoms with E-state index in [0.29, 0.717) is 19.6 Å². The van der Waals surface area contributed by atoms with Crippen LogP contribution in [0.3, 0.4) is 0 Å². The van der Waals surface area contributed by atoms with Crippen LogP contribution in [0.5, 0.6) is 0 Å². The average Bonchev–Trinajstić information content (AvgIpc) is 2.90. The van der Waals surface area contributed by atoms with Gasteiger partial charge in [0.2, 0.25) is 0 Å². The molecule has 0 saturated carbocycles. The third-order valence-electron chi connectivity index (χ3n) is 5.38. The summed E-state index contributed by atoms with van der Waals surface area (Å²) in [6.45, 7) is 4.76. The fourth-order valence-electron chi connectivity index (χ4n) is 3.57. The van der Waals surface area contributed by atoms with Gasteiger partial charge in [0.1, 0.15) is 12.1 Å². The SMILES string of the molecule is CCOC(=O)CC[C@H](NC(=O)N[C@@H](CCN(Cc1ccccn1)Cc1ccccn1)C(=O)O)C(=O)OCC. The summed E-state index contributed by atoms with van der Waals surface area (Å²) in [6, 6.07) is 7.87. The van der Waals surface area contributed by atoms with Crippen molar-refractivity contribution in [3.05, 3.63) is 60.2 Å². The molecule has 2 aromatic heterocycles. The van der Waals surface area contributed by atoms with Crippen molar-refractivity contribution in [2.75, 3.05) is 19.8 Å². The van der Waals surface area contributed by atoms with Crippen LogP contribution >= 0.6 is 0 Å². The molecule has 38 heavy (non-hydrogen) atoms. The maximum Gasteiger partial charge on any atom is 0.328 e. The number of carbonyl (C=O) groups excluding carboxylic acids is 3. The van der Waals surface area contributed by atoms with Crippen LogP contribution in [0.25, 0.3) is 0 Å². The number of esters is 2. The number of nitrogens with zero attached hydrogens (tertiary/aromatic N) is 3. The van der Waals surface area contributed by atoms with Crippen LogP contribution in [0.2, 0.25) is 0 Å². The normalized spacial score (nSPS) is 12.3. The van der Waals surface area contributed by atoms with Crippen molar-refractivity contribution < 1.29 is 33.8 Å². The number of carboxylic acid groups (broad SMARTS) is 1. The number of carboxylic acids is 1.